The van der Waals surface area contributed by atoms with Crippen LogP contribution in [0.4, 0.5) is 0 Å². The number of aromatic nitrogens is 2. The van der Waals surface area contributed by atoms with Crippen LogP contribution in [0.2, 0.25) is 0 Å². The average molecular weight is 299 g/mol. The highest BCUT2D eigenvalue weighted by atomic mass is 35.5. The summed E-state index contributed by atoms with van der Waals surface area (Å²) in [5.74, 6) is 0.686. The van der Waals surface area contributed by atoms with Gasteiger partial charge in [-0.1, -0.05) is 6.07 Å². The number of nitrogens with zero attached hydrogens (tertiary/aromatic N) is 2. The van der Waals surface area contributed by atoms with Crippen LogP contribution in [0.15, 0.2) is 41.6 Å². The van der Waals surface area contributed by atoms with Gasteiger partial charge in [0.1, 0.15) is 5.75 Å². The number of rotatable bonds is 4. The Morgan fingerprint density at radius 2 is 1.95 bits per heavy atom. The predicted molar refractivity (Wildman–Crippen MR) is 71.2 cm³/mol. The van der Waals surface area contributed by atoms with Gasteiger partial charge in [-0.2, -0.15) is 0 Å². The van der Waals surface area contributed by atoms with Crippen molar-refractivity contribution in [3.63, 3.8) is 0 Å². The first-order valence-corrected chi connectivity index (χ1v) is 7.76. The lowest BCUT2D eigenvalue weighted by atomic mass is 10.3. The van der Waals surface area contributed by atoms with Gasteiger partial charge >= 0.3 is 6.01 Å². The minimum atomic E-state index is -3.27. The van der Waals surface area contributed by atoms with Crippen LogP contribution in [0.1, 0.15) is 5.56 Å². The Morgan fingerprint density at radius 3 is 2.53 bits per heavy atom. The molecule has 0 saturated carbocycles. The highest BCUT2D eigenvalue weighted by Gasteiger charge is 2.09. The van der Waals surface area contributed by atoms with Crippen molar-refractivity contribution < 1.29 is 13.2 Å². The lowest BCUT2D eigenvalue weighted by Gasteiger charge is -2.05. The van der Waals surface area contributed by atoms with E-state index in [0.29, 0.717) is 11.6 Å². The lowest BCUT2D eigenvalue weighted by Crippen LogP contribution is -1.98. The Balaban J connectivity index is 2.23. The summed E-state index contributed by atoms with van der Waals surface area (Å²) in [5.41, 5.74) is 0.777. The van der Waals surface area contributed by atoms with Gasteiger partial charge in [-0.3, -0.25) is 0 Å². The summed E-state index contributed by atoms with van der Waals surface area (Å²) in [4.78, 5) is 8.12. The molecule has 0 bridgehead atoms. The van der Waals surface area contributed by atoms with E-state index in [9.17, 15) is 8.42 Å². The van der Waals surface area contributed by atoms with Crippen molar-refractivity contribution in [1.29, 1.82) is 0 Å². The Morgan fingerprint density at radius 1 is 1.26 bits per heavy atom. The van der Waals surface area contributed by atoms with Crippen LogP contribution in [-0.2, 0) is 15.7 Å². The zero-order valence-electron chi connectivity index (χ0n) is 10.1. The van der Waals surface area contributed by atoms with E-state index >= 15 is 0 Å². The number of halogens is 1. The molecule has 19 heavy (non-hydrogen) atoms. The molecule has 0 radical (unpaired) electrons. The standard InChI is InChI=1S/C12H11ClN2O3S/c1-19(16,17)11-4-2-3-10(5-11)18-12-14-7-9(6-13)8-15-12/h2-5,7-8H,6H2,1H3. The van der Waals surface area contributed by atoms with E-state index in [2.05, 4.69) is 9.97 Å². The van der Waals surface area contributed by atoms with E-state index in [0.717, 1.165) is 11.8 Å². The maximum Gasteiger partial charge on any atom is 0.321 e. The minimum absolute atomic E-state index is 0.138. The normalized spacial score (nSPS) is 11.3. The first-order chi connectivity index (χ1) is 8.99. The number of alkyl halides is 1. The number of ether oxygens (including phenoxy) is 1. The molecule has 1 aromatic carbocycles. The molecule has 1 heterocycles. The quantitative estimate of drug-likeness (QED) is 0.811. The molecule has 2 aromatic rings. The first-order valence-electron chi connectivity index (χ1n) is 5.34. The number of hydrogen-bond acceptors (Lipinski definition) is 5. The molecule has 100 valence electrons. The van der Waals surface area contributed by atoms with Gasteiger partial charge in [-0.05, 0) is 18.2 Å². The van der Waals surface area contributed by atoms with Crippen LogP contribution in [0, 0.1) is 0 Å². The third kappa shape index (κ3) is 3.65. The Bertz CT molecular complexity index is 672. The molecule has 0 atom stereocenters. The van der Waals surface area contributed by atoms with Crippen molar-refractivity contribution in [2.75, 3.05) is 6.26 Å². The molecule has 1 aromatic heterocycles. The molecule has 5 nitrogen and oxygen atoms in total. The van der Waals surface area contributed by atoms with Crippen LogP contribution in [-0.4, -0.2) is 24.6 Å². The zero-order chi connectivity index (χ0) is 13.9. The van der Waals surface area contributed by atoms with Crippen LogP contribution < -0.4 is 4.74 Å². The monoisotopic (exact) mass is 298 g/mol. The largest absolute Gasteiger partial charge is 0.424 e. The lowest BCUT2D eigenvalue weighted by molar-refractivity contribution is 0.440. The van der Waals surface area contributed by atoms with E-state index < -0.39 is 9.84 Å². The summed E-state index contributed by atoms with van der Waals surface area (Å²) in [6, 6.07) is 6.29. The van der Waals surface area contributed by atoms with Gasteiger partial charge in [0.2, 0.25) is 0 Å². The maximum atomic E-state index is 11.4. The molecule has 0 fully saturated rings. The summed E-state index contributed by atoms with van der Waals surface area (Å²) in [7, 11) is -3.27. The van der Waals surface area contributed by atoms with Crippen molar-refractivity contribution in [2.24, 2.45) is 0 Å². The van der Waals surface area contributed by atoms with Crippen molar-refractivity contribution in [1.82, 2.24) is 9.97 Å². The van der Waals surface area contributed by atoms with Gasteiger partial charge in [0.15, 0.2) is 9.84 Å². The molecule has 2 rings (SSSR count). The van der Waals surface area contributed by atoms with Crippen molar-refractivity contribution >= 4 is 21.4 Å². The fourth-order valence-electron chi connectivity index (χ4n) is 1.34. The minimum Gasteiger partial charge on any atom is -0.424 e. The molecule has 7 heteroatoms. The second-order valence-electron chi connectivity index (χ2n) is 3.86. The van der Waals surface area contributed by atoms with E-state index in [-0.39, 0.29) is 10.9 Å². The van der Waals surface area contributed by atoms with Gasteiger partial charge in [-0.25, -0.2) is 18.4 Å². The second kappa shape index (κ2) is 5.54. The fraction of sp³-hybridized carbons (Fsp3) is 0.167. The highest BCUT2D eigenvalue weighted by Crippen LogP contribution is 2.21. The number of benzene rings is 1. The summed E-state index contributed by atoms with van der Waals surface area (Å²) >= 11 is 5.62. The Kier molecular flexibility index (Phi) is 4.01. The molecule has 0 unspecified atom stereocenters. The van der Waals surface area contributed by atoms with Gasteiger partial charge in [0, 0.05) is 24.2 Å². The summed E-state index contributed by atoms with van der Waals surface area (Å²) in [6.45, 7) is 0. The SMILES string of the molecule is CS(=O)(=O)c1cccc(Oc2ncc(CCl)cn2)c1. The second-order valence-corrected chi connectivity index (χ2v) is 6.14. The van der Waals surface area contributed by atoms with Gasteiger partial charge < -0.3 is 4.74 Å². The summed E-state index contributed by atoms with van der Waals surface area (Å²) in [5, 5.41) is 0. The van der Waals surface area contributed by atoms with Gasteiger partial charge in [-0.15, -0.1) is 11.6 Å². The molecular formula is C12H11ClN2O3S. The number of hydrogen-bond donors (Lipinski definition) is 0. The Labute approximate surface area is 116 Å². The average Bonchev–Trinajstić information content (AvgIpc) is 2.39. The fourth-order valence-corrected chi connectivity index (χ4v) is 2.13. The zero-order valence-corrected chi connectivity index (χ0v) is 11.6. The van der Waals surface area contributed by atoms with Crippen molar-refractivity contribution in [3.8, 4) is 11.8 Å². The van der Waals surface area contributed by atoms with E-state index in [4.69, 9.17) is 16.3 Å². The third-order valence-corrected chi connectivity index (χ3v) is 3.70. The molecule has 0 spiro atoms. The van der Waals surface area contributed by atoms with Crippen molar-refractivity contribution in [2.45, 2.75) is 10.8 Å². The molecule has 0 aliphatic rings. The number of sulfone groups is 1. The molecule has 0 aliphatic carbocycles. The molecular weight excluding hydrogens is 288 g/mol. The maximum absolute atomic E-state index is 11.4. The van der Waals surface area contributed by atoms with Crippen LogP contribution >= 0.6 is 11.6 Å². The van der Waals surface area contributed by atoms with Gasteiger partial charge in [0.25, 0.3) is 0 Å². The van der Waals surface area contributed by atoms with Gasteiger partial charge in [0.05, 0.1) is 10.8 Å². The van der Waals surface area contributed by atoms with Crippen molar-refractivity contribution in [3.05, 3.63) is 42.2 Å². The Hall–Kier alpha value is -1.66. The van der Waals surface area contributed by atoms with Crippen LogP contribution in [0.25, 0.3) is 0 Å². The summed E-state index contributed by atoms with van der Waals surface area (Å²) < 4.78 is 28.2. The topological polar surface area (TPSA) is 69.2 Å². The van der Waals surface area contributed by atoms with Crippen LogP contribution in [0.5, 0.6) is 11.8 Å². The molecule has 0 N–H and O–H groups in total. The van der Waals surface area contributed by atoms with Crippen LogP contribution in [0.3, 0.4) is 0 Å². The van der Waals surface area contributed by atoms with E-state index in [1.54, 1.807) is 24.5 Å². The predicted octanol–water partition coefficient (Wildman–Crippen LogP) is 2.41. The summed E-state index contributed by atoms with van der Waals surface area (Å²) in [6.07, 6.45) is 4.24. The highest BCUT2D eigenvalue weighted by molar-refractivity contribution is 7.90. The van der Waals surface area contributed by atoms with E-state index in [1.165, 1.54) is 12.1 Å². The molecule has 0 saturated heterocycles. The van der Waals surface area contributed by atoms with E-state index in [1.807, 2.05) is 0 Å². The molecule has 0 amide bonds. The smallest absolute Gasteiger partial charge is 0.321 e. The third-order valence-electron chi connectivity index (χ3n) is 2.28. The first kappa shape index (κ1) is 13.8. The molecule has 0 aliphatic heterocycles.